The van der Waals surface area contributed by atoms with Crippen LogP contribution in [0.5, 0.6) is 0 Å². The Bertz CT molecular complexity index is 2620. The smallest absolute Gasteiger partial charge is 0.266 e. The Labute approximate surface area is 318 Å². The van der Waals surface area contributed by atoms with Gasteiger partial charge in [0.15, 0.2) is 0 Å². The zero-order valence-corrected chi connectivity index (χ0v) is 30.5. The topological polar surface area (TPSA) is 128 Å². The van der Waals surface area contributed by atoms with Crippen molar-refractivity contribution in [2.45, 2.75) is 42.7 Å². The lowest BCUT2D eigenvalue weighted by molar-refractivity contribution is -0.122. The number of morpholine rings is 1. The zero-order valence-electron chi connectivity index (χ0n) is 29.7. The molecule has 2 aromatic heterocycles. The van der Waals surface area contributed by atoms with Gasteiger partial charge < -0.3 is 10.1 Å². The van der Waals surface area contributed by atoms with Crippen LogP contribution in [0.2, 0.25) is 0 Å². The van der Waals surface area contributed by atoms with Crippen molar-refractivity contribution in [2.75, 3.05) is 26.3 Å². The molecule has 1 aliphatic heterocycles. The van der Waals surface area contributed by atoms with E-state index in [2.05, 4.69) is 10.4 Å². The number of carbonyl (C=O) groups is 1. The molecule has 2 fully saturated rings. The Morgan fingerprint density at radius 1 is 0.875 bits per heavy atom. The second-order valence-electron chi connectivity index (χ2n) is 13.8. The summed E-state index contributed by atoms with van der Waals surface area (Å²) in [6.07, 6.45) is 3.45. The summed E-state index contributed by atoms with van der Waals surface area (Å²) in [4.78, 5) is 33.1. The Morgan fingerprint density at radius 2 is 1.61 bits per heavy atom. The maximum Gasteiger partial charge on any atom is 0.266 e. The van der Waals surface area contributed by atoms with Gasteiger partial charge in [0.2, 0.25) is 15.9 Å². The Hall–Kier alpha value is -5.71. The van der Waals surface area contributed by atoms with E-state index in [1.807, 2.05) is 6.07 Å². The molecular formula is C40H34F4N6O5S. The van der Waals surface area contributed by atoms with Gasteiger partial charge in [0.05, 0.1) is 46.4 Å². The van der Waals surface area contributed by atoms with Crippen molar-refractivity contribution in [3.8, 4) is 16.8 Å². The van der Waals surface area contributed by atoms with Gasteiger partial charge in [-0.25, -0.2) is 31.0 Å². The van der Waals surface area contributed by atoms with Crippen LogP contribution in [0.1, 0.15) is 41.9 Å². The lowest BCUT2D eigenvalue weighted by Crippen LogP contribution is -2.40. The minimum Gasteiger partial charge on any atom is -0.379 e. The van der Waals surface area contributed by atoms with E-state index in [4.69, 9.17) is 9.72 Å². The number of nitrogens with zero attached hydrogens (tertiary/aromatic N) is 5. The first kappa shape index (κ1) is 37.2. The van der Waals surface area contributed by atoms with Gasteiger partial charge in [0, 0.05) is 43.3 Å². The molecule has 0 spiro atoms. The molecule has 0 unspecified atom stereocenters. The first-order valence-corrected chi connectivity index (χ1v) is 19.3. The fraction of sp³-hybridized carbons (Fsp3) is 0.250. The normalized spacial score (nSPS) is 15.6. The monoisotopic (exact) mass is 786 g/mol. The Morgan fingerprint density at radius 3 is 2.32 bits per heavy atom. The summed E-state index contributed by atoms with van der Waals surface area (Å²) in [5.41, 5.74) is 0.699. The standard InChI is InChI=1S/C40H34F4N6O5S/c41-27-4-10-34(44)33(22-27)26-3-9-32-36(20-26)46-39(50(40(32)52)30-5-7-31(8-6-30)56(53,54)49-13-15-55-16-14-49)37(19-24-17-28(42)21-29(43)18-24)45-38(51)23-48-12-11-35(47-48)25-1-2-25/h3-12,17-18,20-22,25,37H,1-2,13-16,19,23H2,(H,45,51)/t37-/m0/s1. The second-order valence-corrected chi connectivity index (χ2v) is 15.7. The third-order valence-electron chi connectivity index (χ3n) is 9.81. The van der Waals surface area contributed by atoms with Crippen LogP contribution in [0.3, 0.4) is 0 Å². The van der Waals surface area contributed by atoms with Gasteiger partial charge in [-0.1, -0.05) is 6.07 Å². The molecule has 3 heterocycles. The van der Waals surface area contributed by atoms with Crippen LogP contribution < -0.4 is 10.9 Å². The van der Waals surface area contributed by atoms with Gasteiger partial charge in [0.25, 0.3) is 5.56 Å². The zero-order chi connectivity index (χ0) is 39.1. The highest BCUT2D eigenvalue weighted by atomic mass is 32.2. The van der Waals surface area contributed by atoms with Crippen molar-refractivity contribution in [1.82, 2.24) is 29.0 Å². The maximum absolute atomic E-state index is 14.9. The first-order valence-electron chi connectivity index (χ1n) is 17.9. The summed E-state index contributed by atoms with van der Waals surface area (Å²) in [5, 5.41) is 7.44. The number of halogens is 4. The Balaban J connectivity index is 1.27. The van der Waals surface area contributed by atoms with Crippen molar-refractivity contribution in [1.29, 1.82) is 0 Å². The predicted molar refractivity (Wildman–Crippen MR) is 197 cm³/mol. The SMILES string of the molecule is O=C(Cn1ccc(C2CC2)n1)N[C@@H](Cc1cc(F)cc(F)c1)c1nc2cc(-c3cc(F)ccc3F)ccc2c(=O)n1-c1ccc(S(=O)(=O)N2CCOCC2)cc1. The highest BCUT2D eigenvalue weighted by molar-refractivity contribution is 7.89. The summed E-state index contributed by atoms with van der Waals surface area (Å²) < 4.78 is 94.4. The van der Waals surface area contributed by atoms with Crippen LogP contribution in [0.15, 0.2) is 101 Å². The number of benzene rings is 4. The maximum atomic E-state index is 14.9. The van der Waals surface area contributed by atoms with Crippen molar-refractivity contribution in [3.05, 3.63) is 142 Å². The summed E-state index contributed by atoms with van der Waals surface area (Å²) in [6, 6.07) is 16.3. The Kier molecular flexibility index (Phi) is 10.0. The van der Waals surface area contributed by atoms with Crippen LogP contribution in [-0.4, -0.2) is 64.3 Å². The van der Waals surface area contributed by atoms with Crippen molar-refractivity contribution < 1.29 is 35.5 Å². The number of fused-ring (bicyclic) bond motifs is 1. The van der Waals surface area contributed by atoms with Gasteiger partial charge in [-0.05, 0) is 96.8 Å². The van der Waals surface area contributed by atoms with Gasteiger partial charge in [-0.3, -0.25) is 18.8 Å². The summed E-state index contributed by atoms with van der Waals surface area (Å²) in [7, 11) is -3.91. The van der Waals surface area contributed by atoms with E-state index in [1.165, 1.54) is 56.0 Å². The summed E-state index contributed by atoms with van der Waals surface area (Å²) in [6.45, 7) is 0.613. The molecule has 11 nitrogen and oxygen atoms in total. The average Bonchev–Trinajstić information content (AvgIpc) is 3.93. The van der Waals surface area contributed by atoms with Crippen LogP contribution in [0.25, 0.3) is 27.7 Å². The van der Waals surface area contributed by atoms with Gasteiger partial charge in [0.1, 0.15) is 35.6 Å². The van der Waals surface area contributed by atoms with Gasteiger partial charge in [-0.2, -0.15) is 9.40 Å². The molecule has 1 atom stereocenters. The molecule has 56 heavy (non-hydrogen) atoms. The van der Waals surface area contributed by atoms with E-state index in [0.717, 1.165) is 48.9 Å². The first-order chi connectivity index (χ1) is 26.9. The minimum absolute atomic E-state index is 0.0295. The molecule has 2 aliphatic rings. The quantitative estimate of drug-likeness (QED) is 0.165. The lowest BCUT2D eigenvalue weighted by Gasteiger charge is -2.26. The molecular weight excluding hydrogens is 753 g/mol. The molecule has 1 saturated carbocycles. The number of nitrogens with one attached hydrogen (secondary N) is 1. The van der Waals surface area contributed by atoms with E-state index < -0.39 is 50.8 Å². The number of hydrogen-bond acceptors (Lipinski definition) is 7. The molecule has 1 saturated heterocycles. The fourth-order valence-corrected chi connectivity index (χ4v) is 8.30. The molecule has 6 aromatic rings. The fourth-order valence-electron chi connectivity index (χ4n) is 6.90. The predicted octanol–water partition coefficient (Wildman–Crippen LogP) is 5.80. The van der Waals surface area contributed by atoms with Gasteiger partial charge in [-0.15, -0.1) is 0 Å². The molecule has 4 aromatic carbocycles. The van der Waals surface area contributed by atoms with E-state index in [0.29, 0.717) is 12.0 Å². The van der Waals surface area contributed by atoms with Crippen LogP contribution in [0.4, 0.5) is 17.6 Å². The highest BCUT2D eigenvalue weighted by Crippen LogP contribution is 2.38. The number of ether oxygens (including phenoxy) is 1. The van der Waals surface area contributed by atoms with E-state index in [9.17, 15) is 35.6 Å². The summed E-state index contributed by atoms with van der Waals surface area (Å²) >= 11 is 0. The van der Waals surface area contributed by atoms with E-state index in [-0.39, 0.29) is 83.3 Å². The second kappa shape index (κ2) is 15.1. The largest absolute Gasteiger partial charge is 0.379 e. The number of rotatable bonds is 11. The molecule has 1 amide bonds. The lowest BCUT2D eigenvalue weighted by atomic mass is 10.0. The van der Waals surface area contributed by atoms with Crippen LogP contribution in [-0.2, 0) is 32.5 Å². The molecule has 8 rings (SSSR count). The van der Waals surface area contributed by atoms with Crippen molar-refractivity contribution in [2.24, 2.45) is 0 Å². The third-order valence-corrected chi connectivity index (χ3v) is 11.7. The summed E-state index contributed by atoms with van der Waals surface area (Å²) in [5.74, 6) is -3.42. The third kappa shape index (κ3) is 7.72. The molecule has 288 valence electrons. The van der Waals surface area contributed by atoms with Crippen LogP contribution in [0, 0.1) is 23.3 Å². The molecule has 1 aliphatic carbocycles. The van der Waals surface area contributed by atoms with Gasteiger partial charge >= 0.3 is 0 Å². The number of aromatic nitrogens is 4. The highest BCUT2D eigenvalue weighted by Gasteiger charge is 2.29. The number of amides is 1. The number of carbonyl (C=O) groups excluding carboxylic acids is 1. The van der Waals surface area contributed by atoms with Crippen molar-refractivity contribution in [3.63, 3.8) is 0 Å². The van der Waals surface area contributed by atoms with E-state index >= 15 is 0 Å². The molecule has 0 radical (unpaired) electrons. The average molecular weight is 787 g/mol. The molecule has 0 bridgehead atoms. The van der Waals surface area contributed by atoms with Crippen LogP contribution >= 0.6 is 0 Å². The molecule has 16 heteroatoms. The minimum atomic E-state index is -3.91. The number of hydrogen-bond donors (Lipinski definition) is 1. The van der Waals surface area contributed by atoms with Crippen molar-refractivity contribution >= 4 is 26.8 Å². The van der Waals surface area contributed by atoms with E-state index in [1.54, 1.807) is 6.20 Å². The molecule has 1 N–H and O–H groups in total. The number of sulfonamides is 1.